The highest BCUT2D eigenvalue weighted by Gasteiger charge is 2.43. The second-order valence-electron chi connectivity index (χ2n) is 12.0. The fraction of sp³-hybridized carbons (Fsp3) is 0.189. The van der Waals surface area contributed by atoms with Gasteiger partial charge in [0.05, 0.1) is 23.4 Å². The van der Waals surface area contributed by atoms with Gasteiger partial charge < -0.3 is 9.47 Å². The summed E-state index contributed by atoms with van der Waals surface area (Å²) in [4.78, 5) is 7.81. The van der Waals surface area contributed by atoms with Gasteiger partial charge in [-0.3, -0.25) is 4.68 Å². The van der Waals surface area contributed by atoms with Crippen molar-refractivity contribution in [1.82, 2.24) is 14.3 Å². The first-order chi connectivity index (χ1) is 20.4. The minimum atomic E-state index is -0.630. The number of aromatic nitrogens is 3. The Morgan fingerprint density at radius 1 is 0.667 bits per heavy atom. The van der Waals surface area contributed by atoms with Gasteiger partial charge in [0.1, 0.15) is 5.54 Å². The molecule has 1 atom stereocenters. The minimum Gasteiger partial charge on any atom is -0.352 e. The number of aliphatic imine (C=N–C) groups is 1. The van der Waals surface area contributed by atoms with E-state index in [-0.39, 0.29) is 11.6 Å². The molecule has 7 rings (SSSR count). The molecule has 208 valence electrons. The lowest BCUT2D eigenvalue weighted by molar-refractivity contribution is 0.481. The highest BCUT2D eigenvalue weighted by atomic mass is 15.3. The van der Waals surface area contributed by atoms with Crippen LogP contribution in [-0.4, -0.2) is 26.1 Å². The fourth-order valence-electron chi connectivity index (χ4n) is 6.77. The Labute approximate surface area is 247 Å². The molecule has 42 heavy (non-hydrogen) atoms. The topological polar surface area (TPSA) is 38.4 Å². The summed E-state index contributed by atoms with van der Waals surface area (Å²) < 4.78 is 4.31. The van der Waals surface area contributed by atoms with Crippen molar-refractivity contribution >= 4 is 28.6 Å². The maximum Gasteiger partial charge on any atom is 0.157 e. The molecule has 0 saturated carbocycles. The molecule has 0 radical (unpaired) electrons. The van der Waals surface area contributed by atoms with Crippen molar-refractivity contribution in [3.8, 4) is 0 Å². The van der Waals surface area contributed by atoms with Gasteiger partial charge in [0.15, 0.2) is 5.82 Å². The van der Waals surface area contributed by atoms with Crippen molar-refractivity contribution in [2.24, 2.45) is 12.0 Å². The Bertz CT molecular complexity index is 1780. The molecule has 0 saturated heterocycles. The van der Waals surface area contributed by atoms with Gasteiger partial charge in [-0.05, 0) is 55.2 Å². The zero-order chi connectivity index (χ0) is 28.9. The van der Waals surface area contributed by atoms with Crippen LogP contribution in [0.15, 0.2) is 133 Å². The number of hydrogen-bond donors (Lipinski definition) is 0. The van der Waals surface area contributed by atoms with Gasteiger partial charge in [-0.2, -0.15) is 5.10 Å². The molecule has 0 bridgehead atoms. The Balaban J connectivity index is 1.51. The minimum absolute atomic E-state index is 0.0409. The average molecular weight is 550 g/mol. The summed E-state index contributed by atoms with van der Waals surface area (Å²) in [6.07, 6.45) is 6.32. The van der Waals surface area contributed by atoms with Gasteiger partial charge in [-0.1, -0.05) is 103 Å². The van der Waals surface area contributed by atoms with E-state index in [1.165, 1.54) is 22.3 Å². The SMILES string of the molecule is Cn1ncc2c(C3C=Nc4c(ccn4C(c4ccccc4)(c4ccccc4)c4ccccc4)N3C(C)(C)C)cccc21. The predicted molar refractivity (Wildman–Crippen MR) is 173 cm³/mol. The molecule has 1 aliphatic rings. The summed E-state index contributed by atoms with van der Waals surface area (Å²) in [5.41, 5.74) is 6.17. The summed E-state index contributed by atoms with van der Waals surface area (Å²) >= 11 is 0. The number of rotatable bonds is 5. The van der Waals surface area contributed by atoms with Crippen LogP contribution in [0.4, 0.5) is 11.5 Å². The number of benzene rings is 4. The second-order valence-corrected chi connectivity index (χ2v) is 12.0. The smallest absolute Gasteiger partial charge is 0.157 e. The summed E-state index contributed by atoms with van der Waals surface area (Å²) in [5, 5.41) is 5.72. The van der Waals surface area contributed by atoms with E-state index in [0.29, 0.717) is 0 Å². The predicted octanol–water partition coefficient (Wildman–Crippen LogP) is 8.28. The van der Waals surface area contributed by atoms with E-state index in [2.05, 4.69) is 163 Å². The third-order valence-electron chi connectivity index (χ3n) is 8.52. The highest BCUT2D eigenvalue weighted by Crippen LogP contribution is 2.50. The number of fused-ring (bicyclic) bond motifs is 2. The molecule has 0 aliphatic carbocycles. The van der Waals surface area contributed by atoms with Crippen molar-refractivity contribution in [1.29, 1.82) is 0 Å². The third-order valence-corrected chi connectivity index (χ3v) is 8.52. The van der Waals surface area contributed by atoms with Crippen molar-refractivity contribution in [3.05, 3.63) is 150 Å². The molecule has 0 fully saturated rings. The summed E-state index contributed by atoms with van der Waals surface area (Å²) in [6, 6.07) is 41.0. The van der Waals surface area contributed by atoms with Crippen LogP contribution >= 0.6 is 0 Å². The van der Waals surface area contributed by atoms with Crippen LogP contribution in [-0.2, 0) is 12.6 Å². The summed E-state index contributed by atoms with van der Waals surface area (Å²) in [6.45, 7) is 6.84. The first kappa shape index (κ1) is 26.0. The molecule has 0 spiro atoms. The van der Waals surface area contributed by atoms with Gasteiger partial charge in [0.25, 0.3) is 0 Å². The van der Waals surface area contributed by atoms with Gasteiger partial charge in [-0.25, -0.2) is 4.99 Å². The fourth-order valence-corrected chi connectivity index (χ4v) is 6.77. The van der Waals surface area contributed by atoms with E-state index in [1.807, 2.05) is 17.9 Å². The Hall–Kier alpha value is -4.90. The largest absolute Gasteiger partial charge is 0.352 e. The van der Waals surface area contributed by atoms with Crippen molar-refractivity contribution in [2.75, 3.05) is 4.90 Å². The van der Waals surface area contributed by atoms with Crippen molar-refractivity contribution in [3.63, 3.8) is 0 Å². The first-order valence-electron chi connectivity index (χ1n) is 14.5. The lowest BCUT2D eigenvalue weighted by atomic mass is 9.76. The first-order valence-corrected chi connectivity index (χ1v) is 14.5. The van der Waals surface area contributed by atoms with Gasteiger partial charge >= 0.3 is 0 Å². The van der Waals surface area contributed by atoms with Gasteiger partial charge in [0, 0.05) is 30.4 Å². The highest BCUT2D eigenvalue weighted by molar-refractivity contribution is 5.92. The lowest BCUT2D eigenvalue weighted by Gasteiger charge is -2.45. The molecule has 5 heteroatoms. The standard InChI is InChI=1S/C37H35N5/c1-36(2,3)42-33-23-24-41(35(33)38-26-34(42)30-21-14-22-32-31(30)25-39-40(32)4)37(27-15-8-5-9-16-27,28-17-10-6-11-18-28)29-19-12-7-13-20-29/h5-26,34H,1-4H3. The van der Waals surface area contributed by atoms with Crippen LogP contribution in [0, 0.1) is 0 Å². The van der Waals surface area contributed by atoms with Gasteiger partial charge in [-0.15, -0.1) is 0 Å². The number of aryl methyl sites for hydroxylation is 1. The molecule has 4 aromatic carbocycles. The maximum absolute atomic E-state index is 5.30. The third kappa shape index (κ3) is 3.92. The molecule has 5 nitrogen and oxygen atoms in total. The zero-order valence-electron chi connectivity index (χ0n) is 24.5. The maximum atomic E-state index is 5.30. The van der Waals surface area contributed by atoms with E-state index in [0.717, 1.165) is 22.4 Å². The normalized spacial score (nSPS) is 15.2. The Morgan fingerprint density at radius 3 is 1.79 bits per heavy atom. The van der Waals surface area contributed by atoms with Gasteiger partial charge in [0.2, 0.25) is 0 Å². The average Bonchev–Trinajstić information content (AvgIpc) is 3.62. The van der Waals surface area contributed by atoms with E-state index in [1.54, 1.807) is 0 Å². The Kier molecular flexibility index (Phi) is 6.12. The van der Waals surface area contributed by atoms with Crippen LogP contribution in [0.2, 0.25) is 0 Å². The molecule has 3 heterocycles. The molecular weight excluding hydrogens is 514 g/mol. The number of anilines is 1. The molecule has 1 unspecified atom stereocenters. The molecule has 1 aliphatic heterocycles. The van der Waals surface area contributed by atoms with Crippen molar-refractivity contribution < 1.29 is 0 Å². The lowest BCUT2D eigenvalue weighted by Crippen LogP contribution is -2.46. The zero-order valence-corrected chi connectivity index (χ0v) is 24.5. The van der Waals surface area contributed by atoms with E-state index in [4.69, 9.17) is 4.99 Å². The van der Waals surface area contributed by atoms with Crippen LogP contribution < -0.4 is 4.90 Å². The van der Waals surface area contributed by atoms with Crippen LogP contribution in [0.1, 0.15) is 49.1 Å². The quantitative estimate of drug-likeness (QED) is 0.203. The van der Waals surface area contributed by atoms with E-state index < -0.39 is 5.54 Å². The molecule has 0 N–H and O–H groups in total. The van der Waals surface area contributed by atoms with E-state index in [9.17, 15) is 0 Å². The monoisotopic (exact) mass is 549 g/mol. The number of hydrogen-bond acceptors (Lipinski definition) is 3. The van der Waals surface area contributed by atoms with Crippen LogP contribution in [0.5, 0.6) is 0 Å². The van der Waals surface area contributed by atoms with Crippen molar-refractivity contribution in [2.45, 2.75) is 37.9 Å². The molecule has 0 amide bonds. The molecule has 2 aromatic heterocycles. The van der Waals surface area contributed by atoms with Crippen LogP contribution in [0.3, 0.4) is 0 Å². The molecular formula is C37H35N5. The second kappa shape index (κ2) is 9.88. The molecule has 6 aromatic rings. The Morgan fingerprint density at radius 2 is 1.24 bits per heavy atom. The van der Waals surface area contributed by atoms with Crippen LogP contribution in [0.25, 0.3) is 10.9 Å². The van der Waals surface area contributed by atoms with E-state index >= 15 is 0 Å². The number of nitrogens with zero attached hydrogens (tertiary/aromatic N) is 5. The summed E-state index contributed by atoms with van der Waals surface area (Å²) in [7, 11) is 2.00. The summed E-state index contributed by atoms with van der Waals surface area (Å²) in [5.74, 6) is 0.941.